The van der Waals surface area contributed by atoms with Gasteiger partial charge in [-0.15, -0.1) is 0 Å². The van der Waals surface area contributed by atoms with Gasteiger partial charge in [0.25, 0.3) is 5.56 Å². The average Bonchev–Trinajstić information content (AvgIpc) is 2.31. The van der Waals surface area contributed by atoms with Gasteiger partial charge in [-0.3, -0.25) is 9.36 Å². The van der Waals surface area contributed by atoms with Crippen molar-refractivity contribution in [2.24, 2.45) is 0 Å². The van der Waals surface area contributed by atoms with Crippen LogP contribution in [-0.2, 0) is 0 Å². The lowest BCUT2D eigenvalue weighted by molar-refractivity contribution is 0.811. The van der Waals surface area contributed by atoms with Gasteiger partial charge in [-0.05, 0) is 12.1 Å². The maximum Gasteiger partial charge on any atom is 0.349 e. The summed E-state index contributed by atoms with van der Waals surface area (Å²) in [4.78, 5) is 22.9. The molecular weight excluding hydrogens is 206 g/mol. The normalized spacial score (nSPS) is 9.69. The van der Waals surface area contributed by atoms with E-state index in [4.69, 9.17) is 5.26 Å². The Morgan fingerprint density at radius 3 is 2.38 bits per heavy atom. The van der Waals surface area contributed by atoms with Crippen LogP contribution in [0.4, 0.5) is 0 Å². The number of nitriles is 1. The van der Waals surface area contributed by atoms with Gasteiger partial charge < -0.3 is 0 Å². The van der Waals surface area contributed by atoms with Crippen molar-refractivity contribution in [2.45, 2.75) is 0 Å². The quantitative estimate of drug-likeness (QED) is 0.685. The van der Waals surface area contributed by atoms with Crippen LogP contribution in [-0.4, -0.2) is 9.13 Å². The van der Waals surface area contributed by atoms with Crippen LogP contribution in [0.5, 0.6) is 0 Å². The number of benzene rings is 1. The van der Waals surface area contributed by atoms with Crippen molar-refractivity contribution in [2.75, 3.05) is 0 Å². The van der Waals surface area contributed by atoms with Gasteiger partial charge in [-0.1, -0.05) is 18.2 Å². The highest BCUT2D eigenvalue weighted by molar-refractivity contribution is 5.30. The molecule has 0 aliphatic heterocycles. The molecule has 2 rings (SSSR count). The van der Waals surface area contributed by atoms with Crippen molar-refractivity contribution in [1.82, 2.24) is 9.13 Å². The lowest BCUT2D eigenvalue weighted by Crippen LogP contribution is -2.36. The maximum absolute atomic E-state index is 11.7. The lowest BCUT2D eigenvalue weighted by Gasteiger charge is -2.04. The fourth-order valence-electron chi connectivity index (χ4n) is 1.36. The summed E-state index contributed by atoms with van der Waals surface area (Å²) in [6.07, 6.45) is 2.90. The lowest BCUT2D eigenvalue weighted by atomic mass is 10.3. The molecule has 2 aromatic rings. The van der Waals surface area contributed by atoms with Crippen LogP contribution in [0.1, 0.15) is 0 Å². The third kappa shape index (κ3) is 1.53. The van der Waals surface area contributed by atoms with E-state index in [9.17, 15) is 9.59 Å². The molecule has 0 spiro atoms. The van der Waals surface area contributed by atoms with Crippen LogP contribution in [0.2, 0.25) is 0 Å². The van der Waals surface area contributed by atoms with Crippen molar-refractivity contribution in [1.29, 1.82) is 5.26 Å². The summed E-state index contributed by atoms with van der Waals surface area (Å²) < 4.78 is 1.75. The smallest absolute Gasteiger partial charge is 0.268 e. The van der Waals surface area contributed by atoms with Crippen LogP contribution in [0.25, 0.3) is 5.69 Å². The standard InChI is InChI=1S/C11H7N3O2/c12-8-14-10(15)6-7-13(11(14)16)9-4-2-1-3-5-9/h1-7H. The molecule has 5 heteroatoms. The molecule has 0 unspecified atom stereocenters. The minimum absolute atomic E-state index is 0.507. The number of nitrogens with zero attached hydrogens (tertiary/aromatic N) is 3. The maximum atomic E-state index is 11.7. The Bertz CT molecular complexity index is 662. The summed E-state index contributed by atoms with van der Waals surface area (Å²) in [5.74, 6) is 0. The Morgan fingerprint density at radius 2 is 1.75 bits per heavy atom. The van der Waals surface area contributed by atoms with Gasteiger partial charge >= 0.3 is 5.69 Å². The fraction of sp³-hybridized carbons (Fsp3) is 0. The first-order chi connectivity index (χ1) is 7.74. The van der Waals surface area contributed by atoms with Crippen molar-refractivity contribution in [3.63, 3.8) is 0 Å². The zero-order chi connectivity index (χ0) is 11.5. The van der Waals surface area contributed by atoms with E-state index in [1.54, 1.807) is 30.5 Å². The molecule has 0 aliphatic rings. The van der Waals surface area contributed by atoms with Gasteiger partial charge in [0.05, 0.1) is 5.69 Å². The number of aromatic nitrogens is 2. The first-order valence-electron chi connectivity index (χ1n) is 4.54. The first kappa shape index (κ1) is 9.93. The molecular formula is C11H7N3O2. The zero-order valence-corrected chi connectivity index (χ0v) is 8.20. The number of hydrogen-bond donors (Lipinski definition) is 0. The molecule has 1 heterocycles. The van der Waals surface area contributed by atoms with E-state index >= 15 is 0 Å². The van der Waals surface area contributed by atoms with Gasteiger partial charge in [0.15, 0.2) is 6.19 Å². The third-order valence-corrected chi connectivity index (χ3v) is 2.12. The van der Waals surface area contributed by atoms with E-state index in [1.165, 1.54) is 16.8 Å². The van der Waals surface area contributed by atoms with Gasteiger partial charge in [0.1, 0.15) is 0 Å². The van der Waals surface area contributed by atoms with Gasteiger partial charge in [-0.2, -0.15) is 9.83 Å². The average molecular weight is 213 g/mol. The second-order valence-corrected chi connectivity index (χ2v) is 3.08. The molecule has 5 nitrogen and oxygen atoms in total. The predicted octanol–water partition coefficient (Wildman–Crippen LogP) is 0.328. The van der Waals surface area contributed by atoms with E-state index in [1.807, 2.05) is 6.07 Å². The minimum Gasteiger partial charge on any atom is -0.268 e. The van der Waals surface area contributed by atoms with E-state index in [-0.39, 0.29) is 0 Å². The summed E-state index contributed by atoms with van der Waals surface area (Å²) in [5.41, 5.74) is -0.683. The predicted molar refractivity (Wildman–Crippen MR) is 57.3 cm³/mol. The van der Waals surface area contributed by atoms with Gasteiger partial charge in [0, 0.05) is 12.3 Å². The summed E-state index contributed by atoms with van der Waals surface area (Å²) in [6.45, 7) is 0. The topological polar surface area (TPSA) is 67.8 Å². The summed E-state index contributed by atoms with van der Waals surface area (Å²) >= 11 is 0. The monoisotopic (exact) mass is 213 g/mol. The molecule has 0 N–H and O–H groups in total. The van der Waals surface area contributed by atoms with E-state index in [2.05, 4.69) is 0 Å². The Morgan fingerprint density at radius 1 is 1.06 bits per heavy atom. The number of para-hydroxylation sites is 1. The second-order valence-electron chi connectivity index (χ2n) is 3.08. The van der Waals surface area contributed by atoms with Crippen molar-refractivity contribution in [3.05, 3.63) is 63.4 Å². The van der Waals surface area contributed by atoms with Crippen LogP contribution in [0.15, 0.2) is 52.2 Å². The Labute approximate surface area is 90.4 Å². The van der Waals surface area contributed by atoms with Crippen LogP contribution < -0.4 is 11.2 Å². The summed E-state index contributed by atoms with van der Waals surface area (Å²) in [5, 5.41) is 8.67. The molecule has 0 saturated carbocycles. The molecule has 1 aromatic heterocycles. The van der Waals surface area contributed by atoms with E-state index in [0.717, 1.165) is 0 Å². The highest BCUT2D eigenvalue weighted by Crippen LogP contribution is 2.01. The molecule has 1 aromatic carbocycles. The SMILES string of the molecule is N#Cn1c(=O)ccn(-c2ccccc2)c1=O. The molecule has 78 valence electrons. The highest BCUT2D eigenvalue weighted by atomic mass is 16.2. The summed E-state index contributed by atoms with van der Waals surface area (Å²) in [6, 6.07) is 9.96. The highest BCUT2D eigenvalue weighted by Gasteiger charge is 2.04. The molecule has 0 aliphatic carbocycles. The van der Waals surface area contributed by atoms with Gasteiger partial charge in [0.2, 0.25) is 0 Å². The summed E-state index contributed by atoms with van der Waals surface area (Å²) in [7, 11) is 0. The number of hydrogen-bond acceptors (Lipinski definition) is 3. The largest absolute Gasteiger partial charge is 0.349 e. The van der Waals surface area contributed by atoms with Crippen LogP contribution >= 0.6 is 0 Å². The fourth-order valence-corrected chi connectivity index (χ4v) is 1.36. The van der Waals surface area contributed by atoms with Crippen molar-refractivity contribution >= 4 is 0 Å². The minimum atomic E-state index is -0.666. The molecule has 0 saturated heterocycles. The second kappa shape index (κ2) is 3.87. The molecule has 0 amide bonds. The first-order valence-corrected chi connectivity index (χ1v) is 4.54. The number of rotatable bonds is 1. The Hall–Kier alpha value is -2.61. The van der Waals surface area contributed by atoms with Crippen molar-refractivity contribution < 1.29 is 0 Å². The molecule has 0 atom stereocenters. The Kier molecular flexibility index (Phi) is 2.40. The molecule has 16 heavy (non-hydrogen) atoms. The third-order valence-electron chi connectivity index (χ3n) is 2.12. The molecule has 0 fully saturated rings. The van der Waals surface area contributed by atoms with Gasteiger partial charge in [-0.25, -0.2) is 4.79 Å². The van der Waals surface area contributed by atoms with E-state index < -0.39 is 11.2 Å². The zero-order valence-electron chi connectivity index (χ0n) is 8.20. The van der Waals surface area contributed by atoms with Crippen molar-refractivity contribution in [3.8, 4) is 11.9 Å². The Balaban J connectivity index is 2.76. The molecule has 0 bridgehead atoms. The molecule has 0 radical (unpaired) electrons. The van der Waals surface area contributed by atoms with Crippen LogP contribution in [0.3, 0.4) is 0 Å². The van der Waals surface area contributed by atoms with Crippen LogP contribution in [0, 0.1) is 11.5 Å². The van der Waals surface area contributed by atoms with E-state index in [0.29, 0.717) is 10.3 Å².